The van der Waals surface area contributed by atoms with Crippen LogP contribution in [-0.2, 0) is 20.9 Å². The molecule has 0 bridgehead atoms. The lowest BCUT2D eigenvalue weighted by Crippen LogP contribution is -2.41. The van der Waals surface area contributed by atoms with E-state index in [2.05, 4.69) is 14.9 Å². The van der Waals surface area contributed by atoms with Gasteiger partial charge >= 0.3 is 6.18 Å². The van der Waals surface area contributed by atoms with Crippen LogP contribution in [0, 0.1) is 6.92 Å². The molecule has 0 unspecified atom stereocenters. The van der Waals surface area contributed by atoms with Crippen molar-refractivity contribution in [3.63, 3.8) is 0 Å². The van der Waals surface area contributed by atoms with Crippen molar-refractivity contribution in [2.24, 2.45) is 0 Å². The fourth-order valence-corrected chi connectivity index (χ4v) is 4.28. The van der Waals surface area contributed by atoms with Gasteiger partial charge in [-0.15, -0.1) is 0 Å². The van der Waals surface area contributed by atoms with Gasteiger partial charge in [-0.3, -0.25) is 9.69 Å². The lowest BCUT2D eigenvalue weighted by atomic mass is 10.1. The van der Waals surface area contributed by atoms with E-state index in [0.717, 1.165) is 25.2 Å². The lowest BCUT2D eigenvalue weighted by molar-refractivity contribution is -0.137. The first-order valence-electron chi connectivity index (χ1n) is 9.95. The third kappa shape index (κ3) is 6.28. The highest BCUT2D eigenvalue weighted by atomic mass is 32.2. The second kappa shape index (κ2) is 9.99. The Morgan fingerprint density at radius 3 is 2.53 bits per heavy atom. The molecule has 2 aromatic carbocycles. The number of morpholine rings is 1. The SMILES string of the molecule is Cc1ccc(S(=O)(=O)NCCN2CCOCC2)cc1C(=O)Nc1cccc(C(F)(F)F)c1. The molecule has 1 saturated heterocycles. The summed E-state index contributed by atoms with van der Waals surface area (Å²) in [6.45, 7) is 5.00. The van der Waals surface area contributed by atoms with Gasteiger partial charge in [-0.1, -0.05) is 12.1 Å². The molecule has 0 aliphatic carbocycles. The Morgan fingerprint density at radius 2 is 1.84 bits per heavy atom. The summed E-state index contributed by atoms with van der Waals surface area (Å²) < 4.78 is 71.8. The number of sulfonamides is 1. The molecule has 0 atom stereocenters. The summed E-state index contributed by atoms with van der Waals surface area (Å²) in [6.07, 6.45) is -4.54. The van der Waals surface area contributed by atoms with E-state index in [1.54, 1.807) is 6.92 Å². The minimum absolute atomic E-state index is 0.0406. The molecule has 7 nitrogen and oxygen atoms in total. The molecular weight excluding hydrogens is 447 g/mol. The first-order chi connectivity index (χ1) is 15.1. The summed E-state index contributed by atoms with van der Waals surface area (Å²) in [4.78, 5) is 14.7. The number of nitrogens with one attached hydrogen (secondary N) is 2. The van der Waals surface area contributed by atoms with Crippen LogP contribution in [-0.4, -0.2) is 58.6 Å². The van der Waals surface area contributed by atoms with Gasteiger partial charge in [-0.2, -0.15) is 13.2 Å². The number of nitrogens with zero attached hydrogens (tertiary/aromatic N) is 1. The minimum atomic E-state index is -4.54. The fourth-order valence-electron chi connectivity index (χ4n) is 3.23. The number of anilines is 1. The lowest BCUT2D eigenvalue weighted by Gasteiger charge is -2.26. The van der Waals surface area contributed by atoms with Crippen molar-refractivity contribution in [1.82, 2.24) is 9.62 Å². The number of ether oxygens (including phenoxy) is 1. The second-order valence-corrected chi connectivity index (χ2v) is 9.13. The van der Waals surface area contributed by atoms with E-state index in [1.807, 2.05) is 0 Å². The van der Waals surface area contributed by atoms with E-state index >= 15 is 0 Å². The standard InChI is InChI=1S/C21H24F3N3O4S/c1-15-5-6-18(32(29,30)25-7-8-27-9-11-31-12-10-27)14-19(15)20(28)26-17-4-2-3-16(13-17)21(22,23)24/h2-6,13-14,25H,7-12H2,1H3,(H,26,28). The third-order valence-electron chi connectivity index (χ3n) is 5.04. The van der Waals surface area contributed by atoms with Gasteiger partial charge in [0.1, 0.15) is 0 Å². The Kier molecular flexibility index (Phi) is 7.55. The van der Waals surface area contributed by atoms with Crippen molar-refractivity contribution in [2.75, 3.05) is 44.7 Å². The third-order valence-corrected chi connectivity index (χ3v) is 6.49. The quantitative estimate of drug-likeness (QED) is 0.649. The summed E-state index contributed by atoms with van der Waals surface area (Å²) in [6, 6.07) is 8.32. The van der Waals surface area contributed by atoms with E-state index in [9.17, 15) is 26.4 Å². The van der Waals surface area contributed by atoms with Crippen molar-refractivity contribution in [3.05, 3.63) is 59.2 Å². The highest BCUT2D eigenvalue weighted by molar-refractivity contribution is 7.89. The summed E-state index contributed by atoms with van der Waals surface area (Å²) >= 11 is 0. The molecule has 32 heavy (non-hydrogen) atoms. The number of halogens is 3. The van der Waals surface area contributed by atoms with Gasteiger partial charge in [-0.05, 0) is 42.8 Å². The van der Waals surface area contributed by atoms with E-state index in [1.165, 1.54) is 30.3 Å². The van der Waals surface area contributed by atoms with Crippen LogP contribution in [0.25, 0.3) is 0 Å². The molecule has 1 heterocycles. The van der Waals surface area contributed by atoms with Crippen molar-refractivity contribution in [2.45, 2.75) is 18.0 Å². The summed E-state index contributed by atoms with van der Waals surface area (Å²) in [5.41, 5.74) is -0.394. The molecule has 1 aliphatic rings. The molecule has 1 amide bonds. The molecule has 0 radical (unpaired) electrons. The predicted octanol–water partition coefficient (Wildman–Crippen LogP) is 2.88. The van der Waals surface area contributed by atoms with Gasteiger partial charge in [0, 0.05) is 37.4 Å². The first-order valence-corrected chi connectivity index (χ1v) is 11.4. The molecular formula is C21H24F3N3O4S. The molecule has 0 aromatic heterocycles. The van der Waals surface area contributed by atoms with E-state index in [4.69, 9.17) is 4.74 Å². The second-order valence-electron chi connectivity index (χ2n) is 7.36. The summed E-state index contributed by atoms with van der Waals surface area (Å²) in [5.74, 6) is -0.702. The number of alkyl halides is 3. The van der Waals surface area contributed by atoms with Crippen LogP contribution >= 0.6 is 0 Å². The number of carbonyl (C=O) groups is 1. The molecule has 11 heteroatoms. The molecule has 3 rings (SSSR count). The maximum atomic E-state index is 12.9. The van der Waals surface area contributed by atoms with Crippen LogP contribution < -0.4 is 10.0 Å². The van der Waals surface area contributed by atoms with Gasteiger partial charge in [0.2, 0.25) is 10.0 Å². The monoisotopic (exact) mass is 471 g/mol. The molecule has 174 valence electrons. The van der Waals surface area contributed by atoms with Crippen LogP contribution in [0.3, 0.4) is 0 Å². The van der Waals surface area contributed by atoms with Crippen LogP contribution in [0.4, 0.5) is 18.9 Å². The molecule has 0 saturated carbocycles. The minimum Gasteiger partial charge on any atom is -0.379 e. The largest absolute Gasteiger partial charge is 0.416 e. The Balaban J connectivity index is 1.71. The highest BCUT2D eigenvalue weighted by Crippen LogP contribution is 2.30. The maximum Gasteiger partial charge on any atom is 0.416 e. The number of amides is 1. The van der Waals surface area contributed by atoms with Gasteiger partial charge in [0.25, 0.3) is 5.91 Å². The van der Waals surface area contributed by atoms with Crippen LogP contribution in [0.2, 0.25) is 0 Å². The number of carbonyl (C=O) groups excluding carboxylic acids is 1. The highest BCUT2D eigenvalue weighted by Gasteiger charge is 2.30. The first kappa shape index (κ1) is 24.2. The zero-order valence-electron chi connectivity index (χ0n) is 17.4. The smallest absolute Gasteiger partial charge is 0.379 e. The average molecular weight is 472 g/mol. The average Bonchev–Trinajstić information content (AvgIpc) is 2.74. The fraction of sp³-hybridized carbons (Fsp3) is 0.381. The Hall–Kier alpha value is -2.47. The number of rotatable bonds is 7. The van der Waals surface area contributed by atoms with Crippen molar-refractivity contribution in [1.29, 1.82) is 0 Å². The topological polar surface area (TPSA) is 87.7 Å². The number of aryl methyl sites for hydroxylation is 1. The van der Waals surface area contributed by atoms with Crippen LogP contribution in [0.5, 0.6) is 0 Å². The molecule has 1 fully saturated rings. The van der Waals surface area contributed by atoms with Gasteiger partial charge in [0.15, 0.2) is 0 Å². The van der Waals surface area contributed by atoms with Crippen molar-refractivity contribution in [3.8, 4) is 0 Å². The predicted molar refractivity (Wildman–Crippen MR) is 113 cm³/mol. The van der Waals surface area contributed by atoms with E-state index in [0.29, 0.717) is 25.3 Å². The van der Waals surface area contributed by atoms with Crippen molar-refractivity contribution >= 4 is 21.6 Å². The van der Waals surface area contributed by atoms with Crippen molar-refractivity contribution < 1.29 is 31.1 Å². The zero-order valence-corrected chi connectivity index (χ0v) is 18.2. The van der Waals surface area contributed by atoms with Gasteiger partial charge < -0.3 is 10.1 Å². The van der Waals surface area contributed by atoms with E-state index in [-0.39, 0.29) is 22.7 Å². The Bertz CT molecular complexity index is 1070. The van der Waals surface area contributed by atoms with E-state index < -0.39 is 27.7 Å². The molecule has 0 spiro atoms. The Morgan fingerprint density at radius 1 is 1.12 bits per heavy atom. The normalized spacial score (nSPS) is 15.5. The zero-order chi connectivity index (χ0) is 23.4. The maximum absolute atomic E-state index is 12.9. The number of hydrogen-bond acceptors (Lipinski definition) is 5. The summed E-state index contributed by atoms with van der Waals surface area (Å²) in [5, 5.41) is 2.40. The summed E-state index contributed by atoms with van der Waals surface area (Å²) in [7, 11) is -3.87. The van der Waals surface area contributed by atoms with Crippen LogP contribution in [0.15, 0.2) is 47.4 Å². The molecule has 2 N–H and O–H groups in total. The van der Waals surface area contributed by atoms with Gasteiger partial charge in [0.05, 0.1) is 23.7 Å². The molecule has 2 aromatic rings. The Labute approximate surface area is 184 Å². The molecule has 1 aliphatic heterocycles. The number of hydrogen-bond donors (Lipinski definition) is 2. The van der Waals surface area contributed by atoms with Gasteiger partial charge in [-0.25, -0.2) is 13.1 Å². The van der Waals surface area contributed by atoms with Crippen LogP contribution in [0.1, 0.15) is 21.5 Å². The number of benzene rings is 2.